The fraction of sp³-hybridized carbons (Fsp3) is 0.188. The minimum Gasteiger partial charge on any atom is -0.489 e. The van der Waals surface area contributed by atoms with Crippen LogP contribution in [0.2, 0.25) is 0 Å². The van der Waals surface area contributed by atoms with Crippen molar-refractivity contribution < 1.29 is 9.53 Å². The number of aryl methyl sites for hydroxylation is 1. The third-order valence-corrected chi connectivity index (χ3v) is 2.83. The number of carbonyl (C=O) groups is 1. The highest BCUT2D eigenvalue weighted by Crippen LogP contribution is 2.18. The molecule has 0 atom stereocenters. The summed E-state index contributed by atoms with van der Waals surface area (Å²) in [6, 6.07) is 15.6. The van der Waals surface area contributed by atoms with Crippen molar-refractivity contribution in [2.45, 2.75) is 20.5 Å². The van der Waals surface area contributed by atoms with Gasteiger partial charge in [-0.2, -0.15) is 0 Å². The third kappa shape index (κ3) is 2.98. The highest BCUT2D eigenvalue weighted by molar-refractivity contribution is 5.95. The van der Waals surface area contributed by atoms with Gasteiger partial charge in [0.1, 0.15) is 12.4 Å². The van der Waals surface area contributed by atoms with Crippen molar-refractivity contribution in [3.05, 3.63) is 65.2 Å². The van der Waals surface area contributed by atoms with E-state index in [-0.39, 0.29) is 5.78 Å². The predicted octanol–water partition coefficient (Wildman–Crippen LogP) is 3.78. The molecule has 0 aliphatic carbocycles. The number of benzene rings is 2. The number of ketones is 1. The number of rotatable bonds is 4. The summed E-state index contributed by atoms with van der Waals surface area (Å²) in [5.74, 6) is 0.878. The standard InChI is InChI=1S/C16H16O2/c1-12-10-15(8-9-16(12)13(2)17)18-11-14-6-4-3-5-7-14/h3-10H,11H2,1-2H3. The molecule has 0 saturated heterocycles. The van der Waals surface area contributed by atoms with E-state index in [1.54, 1.807) is 6.92 Å². The maximum atomic E-state index is 11.3. The van der Waals surface area contributed by atoms with Gasteiger partial charge >= 0.3 is 0 Å². The molecule has 2 aromatic rings. The van der Waals surface area contributed by atoms with Crippen LogP contribution in [0, 0.1) is 6.92 Å². The molecule has 2 heteroatoms. The lowest BCUT2D eigenvalue weighted by molar-refractivity contribution is 0.101. The number of hydrogen-bond acceptors (Lipinski definition) is 2. The molecule has 92 valence electrons. The monoisotopic (exact) mass is 240 g/mol. The Balaban J connectivity index is 2.07. The quantitative estimate of drug-likeness (QED) is 0.760. The highest BCUT2D eigenvalue weighted by Gasteiger charge is 2.05. The predicted molar refractivity (Wildman–Crippen MR) is 72.0 cm³/mol. The smallest absolute Gasteiger partial charge is 0.160 e. The molecular formula is C16H16O2. The molecule has 0 amide bonds. The first-order valence-electron chi connectivity index (χ1n) is 5.95. The first-order valence-corrected chi connectivity index (χ1v) is 5.95. The molecular weight excluding hydrogens is 224 g/mol. The summed E-state index contributed by atoms with van der Waals surface area (Å²) < 4.78 is 5.70. The van der Waals surface area contributed by atoms with Crippen LogP contribution in [0.15, 0.2) is 48.5 Å². The second kappa shape index (κ2) is 5.50. The van der Waals surface area contributed by atoms with Crippen LogP contribution in [0.1, 0.15) is 28.4 Å². The first-order chi connectivity index (χ1) is 8.66. The Morgan fingerprint density at radius 1 is 1.11 bits per heavy atom. The van der Waals surface area contributed by atoms with Crippen molar-refractivity contribution in [1.82, 2.24) is 0 Å². The highest BCUT2D eigenvalue weighted by atomic mass is 16.5. The van der Waals surface area contributed by atoms with Crippen LogP contribution in [0.3, 0.4) is 0 Å². The summed E-state index contributed by atoms with van der Waals surface area (Å²) in [4.78, 5) is 11.3. The van der Waals surface area contributed by atoms with Gasteiger partial charge in [-0.05, 0) is 43.2 Å². The topological polar surface area (TPSA) is 26.3 Å². The molecule has 2 rings (SSSR count). The van der Waals surface area contributed by atoms with E-state index in [9.17, 15) is 4.79 Å². The second-order valence-corrected chi connectivity index (χ2v) is 4.31. The van der Waals surface area contributed by atoms with Gasteiger partial charge in [0.15, 0.2) is 5.78 Å². The van der Waals surface area contributed by atoms with Gasteiger partial charge in [-0.25, -0.2) is 0 Å². The van der Waals surface area contributed by atoms with Crippen LogP contribution in [0.25, 0.3) is 0 Å². The number of carbonyl (C=O) groups excluding carboxylic acids is 1. The first kappa shape index (κ1) is 12.4. The van der Waals surface area contributed by atoms with Crippen molar-refractivity contribution >= 4 is 5.78 Å². The Bertz CT molecular complexity index is 544. The van der Waals surface area contributed by atoms with E-state index in [0.29, 0.717) is 6.61 Å². The fourth-order valence-electron chi connectivity index (χ4n) is 1.86. The van der Waals surface area contributed by atoms with Crippen molar-refractivity contribution in [3.63, 3.8) is 0 Å². The van der Waals surface area contributed by atoms with Crippen LogP contribution < -0.4 is 4.74 Å². The Hall–Kier alpha value is -2.09. The SMILES string of the molecule is CC(=O)c1ccc(OCc2ccccc2)cc1C. The van der Waals surface area contributed by atoms with E-state index in [2.05, 4.69) is 0 Å². The molecule has 0 bridgehead atoms. The number of ether oxygens (including phenoxy) is 1. The lowest BCUT2D eigenvalue weighted by Crippen LogP contribution is -1.99. The van der Waals surface area contributed by atoms with Crippen molar-refractivity contribution in [1.29, 1.82) is 0 Å². The molecule has 2 nitrogen and oxygen atoms in total. The third-order valence-electron chi connectivity index (χ3n) is 2.83. The molecule has 0 radical (unpaired) electrons. The van der Waals surface area contributed by atoms with Crippen LogP contribution in [-0.4, -0.2) is 5.78 Å². The lowest BCUT2D eigenvalue weighted by atomic mass is 10.1. The lowest BCUT2D eigenvalue weighted by Gasteiger charge is -2.08. The zero-order valence-corrected chi connectivity index (χ0v) is 10.6. The summed E-state index contributed by atoms with van der Waals surface area (Å²) in [5, 5.41) is 0. The Labute approximate surface area is 107 Å². The maximum absolute atomic E-state index is 11.3. The fourth-order valence-corrected chi connectivity index (χ4v) is 1.86. The molecule has 0 aliphatic heterocycles. The van der Waals surface area contributed by atoms with E-state index in [0.717, 1.165) is 22.4 Å². The molecule has 0 spiro atoms. The molecule has 0 heterocycles. The zero-order valence-electron chi connectivity index (χ0n) is 10.6. The summed E-state index contributed by atoms with van der Waals surface area (Å²) in [5.41, 5.74) is 2.83. The molecule has 0 aliphatic rings. The second-order valence-electron chi connectivity index (χ2n) is 4.31. The van der Waals surface area contributed by atoms with Crippen LogP contribution in [-0.2, 0) is 6.61 Å². The summed E-state index contributed by atoms with van der Waals surface area (Å²) in [6.45, 7) is 4.04. The Kier molecular flexibility index (Phi) is 3.78. The normalized spacial score (nSPS) is 10.1. The Morgan fingerprint density at radius 2 is 1.83 bits per heavy atom. The maximum Gasteiger partial charge on any atom is 0.160 e. The van der Waals surface area contributed by atoms with E-state index >= 15 is 0 Å². The van der Waals surface area contributed by atoms with Gasteiger partial charge in [-0.3, -0.25) is 4.79 Å². The molecule has 0 fully saturated rings. The number of hydrogen-bond donors (Lipinski definition) is 0. The molecule has 18 heavy (non-hydrogen) atoms. The molecule has 0 unspecified atom stereocenters. The average Bonchev–Trinajstić information content (AvgIpc) is 2.37. The van der Waals surface area contributed by atoms with Gasteiger partial charge in [0.2, 0.25) is 0 Å². The molecule has 2 aromatic carbocycles. The van der Waals surface area contributed by atoms with E-state index < -0.39 is 0 Å². The molecule has 0 aromatic heterocycles. The van der Waals surface area contributed by atoms with Crippen LogP contribution in [0.5, 0.6) is 5.75 Å². The van der Waals surface area contributed by atoms with Gasteiger partial charge in [0, 0.05) is 5.56 Å². The van der Waals surface area contributed by atoms with Gasteiger partial charge in [0.05, 0.1) is 0 Å². The van der Waals surface area contributed by atoms with Crippen LogP contribution >= 0.6 is 0 Å². The molecule has 0 saturated carbocycles. The largest absolute Gasteiger partial charge is 0.489 e. The van der Waals surface area contributed by atoms with Crippen molar-refractivity contribution in [2.24, 2.45) is 0 Å². The minimum absolute atomic E-state index is 0.0853. The van der Waals surface area contributed by atoms with Crippen LogP contribution in [0.4, 0.5) is 0 Å². The van der Waals surface area contributed by atoms with Gasteiger partial charge in [-0.15, -0.1) is 0 Å². The summed E-state index contributed by atoms with van der Waals surface area (Å²) in [7, 11) is 0. The van der Waals surface area contributed by atoms with Gasteiger partial charge in [0.25, 0.3) is 0 Å². The van der Waals surface area contributed by atoms with Crippen molar-refractivity contribution in [2.75, 3.05) is 0 Å². The van der Waals surface area contributed by atoms with Gasteiger partial charge in [-0.1, -0.05) is 30.3 Å². The van der Waals surface area contributed by atoms with E-state index in [4.69, 9.17) is 4.74 Å². The summed E-state index contributed by atoms with van der Waals surface area (Å²) >= 11 is 0. The van der Waals surface area contributed by atoms with E-state index in [1.807, 2.05) is 55.5 Å². The van der Waals surface area contributed by atoms with E-state index in [1.165, 1.54) is 0 Å². The Morgan fingerprint density at radius 3 is 2.44 bits per heavy atom. The summed E-state index contributed by atoms with van der Waals surface area (Å²) in [6.07, 6.45) is 0. The van der Waals surface area contributed by atoms with Gasteiger partial charge < -0.3 is 4.74 Å². The number of Topliss-reactive ketones (excluding diaryl/α,β-unsaturated/α-hetero) is 1. The minimum atomic E-state index is 0.0853. The zero-order chi connectivity index (χ0) is 13.0. The van der Waals surface area contributed by atoms with Crippen molar-refractivity contribution in [3.8, 4) is 5.75 Å². The average molecular weight is 240 g/mol. The molecule has 0 N–H and O–H groups in total.